The highest BCUT2D eigenvalue weighted by Crippen LogP contribution is 2.16. The van der Waals surface area contributed by atoms with Gasteiger partial charge in [-0.25, -0.2) is 0 Å². The van der Waals surface area contributed by atoms with Gasteiger partial charge in [0.05, 0.1) is 0 Å². The molecule has 0 saturated carbocycles. The van der Waals surface area contributed by atoms with Crippen molar-refractivity contribution in [1.82, 2.24) is 0 Å². The first-order chi connectivity index (χ1) is 35.0. The van der Waals surface area contributed by atoms with Gasteiger partial charge in [0, 0.05) is 19.3 Å². The molecular formula is C65H114O6. The van der Waals surface area contributed by atoms with Crippen molar-refractivity contribution >= 4 is 17.9 Å². The third kappa shape index (κ3) is 57.6. The molecule has 0 aromatic rings. The normalized spacial score (nSPS) is 12.5. The van der Waals surface area contributed by atoms with Crippen LogP contribution in [0, 0.1) is 0 Å². The minimum atomic E-state index is -0.775. The van der Waals surface area contributed by atoms with Crippen LogP contribution in [0.2, 0.25) is 0 Å². The fourth-order valence-electron chi connectivity index (χ4n) is 8.68. The Labute approximate surface area is 440 Å². The van der Waals surface area contributed by atoms with Gasteiger partial charge in [0.25, 0.3) is 0 Å². The van der Waals surface area contributed by atoms with Crippen LogP contribution in [-0.2, 0) is 28.6 Å². The van der Waals surface area contributed by atoms with Crippen molar-refractivity contribution in [2.24, 2.45) is 0 Å². The molecule has 0 aliphatic rings. The van der Waals surface area contributed by atoms with Gasteiger partial charge in [0.1, 0.15) is 13.2 Å². The maximum atomic E-state index is 12.8. The molecule has 0 aliphatic carbocycles. The molecule has 0 saturated heterocycles. The van der Waals surface area contributed by atoms with Crippen molar-refractivity contribution in [3.63, 3.8) is 0 Å². The molecule has 1 unspecified atom stereocenters. The maximum absolute atomic E-state index is 12.8. The SMILES string of the molecule is CC/C=C\C/C=C\C/C=C\C/C=C\C/C=C\C/C=C\CCCCCCCCCCC(=O)OCC(COC(=O)CCCCCCCCCCCCCC)OC(=O)CCCCCCCCCCCCCCCC. The summed E-state index contributed by atoms with van der Waals surface area (Å²) in [5.41, 5.74) is 0. The van der Waals surface area contributed by atoms with Crippen molar-refractivity contribution < 1.29 is 28.6 Å². The monoisotopic (exact) mass is 991 g/mol. The number of esters is 3. The molecule has 0 amide bonds. The standard InChI is InChI=1S/C65H114O6/c1-4-7-10-13-16-19-22-25-27-28-29-30-31-32-33-34-35-36-37-38-39-41-43-46-49-52-55-58-64(67)70-61-62(60-69-63(66)57-54-51-48-45-42-24-21-18-15-12-9-6-3)71-65(68)59-56-53-50-47-44-40-26-23-20-17-14-11-8-5-2/h7,10,16,19,25,27,29-30,32-33,35-36,62H,4-6,8-9,11-15,17-18,20-24,26,28,31,34,37-61H2,1-3H3/b10-7-,19-16-,27-25-,30-29-,33-32-,36-35-. The number of ether oxygens (including phenoxy) is 3. The Kier molecular flexibility index (Phi) is 56.8. The summed E-state index contributed by atoms with van der Waals surface area (Å²) in [5.74, 6) is -0.868. The summed E-state index contributed by atoms with van der Waals surface area (Å²) in [4.78, 5) is 38.2. The number of unbranched alkanes of at least 4 members (excludes halogenated alkanes) is 32. The first-order valence-electron chi connectivity index (χ1n) is 30.4. The summed E-state index contributed by atoms with van der Waals surface area (Å²) in [7, 11) is 0. The first kappa shape index (κ1) is 67.8. The van der Waals surface area contributed by atoms with E-state index in [-0.39, 0.29) is 31.1 Å². The van der Waals surface area contributed by atoms with Gasteiger partial charge in [-0.05, 0) is 70.6 Å². The van der Waals surface area contributed by atoms with Crippen molar-refractivity contribution in [2.75, 3.05) is 13.2 Å². The summed E-state index contributed by atoms with van der Waals surface area (Å²) >= 11 is 0. The molecule has 71 heavy (non-hydrogen) atoms. The predicted octanol–water partition coefficient (Wildman–Crippen LogP) is 20.5. The van der Waals surface area contributed by atoms with Crippen LogP contribution in [-0.4, -0.2) is 37.2 Å². The average molecular weight is 992 g/mol. The Morgan fingerprint density at radius 3 is 0.859 bits per heavy atom. The van der Waals surface area contributed by atoms with E-state index in [0.717, 1.165) is 103 Å². The molecule has 0 spiro atoms. The van der Waals surface area contributed by atoms with E-state index in [4.69, 9.17) is 14.2 Å². The summed E-state index contributed by atoms with van der Waals surface area (Å²) in [6.45, 7) is 6.55. The highest BCUT2D eigenvalue weighted by Gasteiger charge is 2.19. The van der Waals surface area contributed by atoms with E-state index in [1.165, 1.54) is 161 Å². The van der Waals surface area contributed by atoms with Crippen LogP contribution in [0.15, 0.2) is 72.9 Å². The first-order valence-corrected chi connectivity index (χ1v) is 30.4. The third-order valence-corrected chi connectivity index (χ3v) is 13.2. The molecule has 0 radical (unpaired) electrons. The molecule has 410 valence electrons. The molecule has 0 bridgehead atoms. The molecule has 6 heteroatoms. The number of rotatable bonds is 55. The summed E-state index contributed by atoms with van der Waals surface area (Å²) in [6, 6.07) is 0. The number of allylic oxidation sites excluding steroid dienone is 12. The molecule has 0 heterocycles. The molecule has 6 nitrogen and oxygen atoms in total. The Bertz CT molecular complexity index is 1320. The number of hydrogen-bond donors (Lipinski definition) is 0. The fourth-order valence-corrected chi connectivity index (χ4v) is 8.68. The Morgan fingerprint density at radius 2 is 0.549 bits per heavy atom. The lowest BCUT2D eigenvalue weighted by Gasteiger charge is -2.18. The Balaban J connectivity index is 4.26. The molecule has 0 aromatic carbocycles. The lowest BCUT2D eigenvalue weighted by atomic mass is 10.0. The van der Waals surface area contributed by atoms with E-state index in [1.807, 2.05) is 0 Å². The number of carbonyl (C=O) groups is 3. The van der Waals surface area contributed by atoms with E-state index in [2.05, 4.69) is 93.7 Å². The summed E-state index contributed by atoms with van der Waals surface area (Å²) in [6.07, 6.45) is 76.1. The lowest BCUT2D eigenvalue weighted by Crippen LogP contribution is -2.30. The molecule has 0 rings (SSSR count). The fraction of sp³-hybridized carbons (Fsp3) is 0.769. The molecule has 0 fully saturated rings. The van der Waals surface area contributed by atoms with E-state index >= 15 is 0 Å². The number of hydrogen-bond acceptors (Lipinski definition) is 6. The van der Waals surface area contributed by atoms with E-state index in [1.54, 1.807) is 0 Å². The second-order valence-electron chi connectivity index (χ2n) is 20.2. The smallest absolute Gasteiger partial charge is 0.306 e. The zero-order valence-corrected chi connectivity index (χ0v) is 47.0. The largest absolute Gasteiger partial charge is 0.462 e. The highest BCUT2D eigenvalue weighted by atomic mass is 16.6. The predicted molar refractivity (Wildman–Crippen MR) is 307 cm³/mol. The van der Waals surface area contributed by atoms with Crippen LogP contribution < -0.4 is 0 Å². The quantitative estimate of drug-likeness (QED) is 0.0261. The lowest BCUT2D eigenvalue weighted by molar-refractivity contribution is -0.167. The van der Waals surface area contributed by atoms with E-state index in [0.29, 0.717) is 19.3 Å². The zero-order valence-electron chi connectivity index (χ0n) is 47.0. The molecule has 1 atom stereocenters. The second-order valence-corrected chi connectivity index (χ2v) is 20.2. The van der Waals surface area contributed by atoms with Gasteiger partial charge in [-0.15, -0.1) is 0 Å². The van der Waals surface area contributed by atoms with Crippen LogP contribution in [0.1, 0.15) is 303 Å². The van der Waals surface area contributed by atoms with Crippen molar-refractivity contribution in [1.29, 1.82) is 0 Å². The number of carbonyl (C=O) groups excluding carboxylic acids is 3. The van der Waals surface area contributed by atoms with Crippen molar-refractivity contribution in [3.8, 4) is 0 Å². The topological polar surface area (TPSA) is 78.9 Å². The van der Waals surface area contributed by atoms with Crippen molar-refractivity contribution in [3.05, 3.63) is 72.9 Å². The maximum Gasteiger partial charge on any atom is 0.306 e. The Hall–Kier alpha value is -3.15. The van der Waals surface area contributed by atoms with Gasteiger partial charge in [0.2, 0.25) is 0 Å². The van der Waals surface area contributed by atoms with Crippen LogP contribution in [0.3, 0.4) is 0 Å². The Morgan fingerprint density at radius 1 is 0.296 bits per heavy atom. The minimum absolute atomic E-state index is 0.0732. The summed E-state index contributed by atoms with van der Waals surface area (Å²) in [5, 5.41) is 0. The van der Waals surface area contributed by atoms with Gasteiger partial charge in [-0.2, -0.15) is 0 Å². The molecular weight excluding hydrogens is 877 g/mol. The van der Waals surface area contributed by atoms with Gasteiger partial charge in [-0.1, -0.05) is 286 Å². The van der Waals surface area contributed by atoms with Crippen LogP contribution in [0.5, 0.6) is 0 Å². The second kappa shape index (κ2) is 59.4. The molecule has 0 N–H and O–H groups in total. The van der Waals surface area contributed by atoms with Crippen LogP contribution in [0.25, 0.3) is 0 Å². The van der Waals surface area contributed by atoms with E-state index < -0.39 is 6.10 Å². The zero-order chi connectivity index (χ0) is 51.4. The van der Waals surface area contributed by atoms with Gasteiger partial charge in [-0.3, -0.25) is 14.4 Å². The van der Waals surface area contributed by atoms with Crippen molar-refractivity contribution in [2.45, 2.75) is 309 Å². The third-order valence-electron chi connectivity index (χ3n) is 13.2. The van der Waals surface area contributed by atoms with Crippen LogP contribution in [0.4, 0.5) is 0 Å². The summed E-state index contributed by atoms with van der Waals surface area (Å²) < 4.78 is 16.9. The van der Waals surface area contributed by atoms with Gasteiger partial charge < -0.3 is 14.2 Å². The average Bonchev–Trinajstić information content (AvgIpc) is 3.37. The molecule has 0 aromatic heterocycles. The van der Waals surface area contributed by atoms with Gasteiger partial charge in [0.15, 0.2) is 6.10 Å². The van der Waals surface area contributed by atoms with Crippen LogP contribution >= 0.6 is 0 Å². The molecule has 0 aliphatic heterocycles. The minimum Gasteiger partial charge on any atom is -0.462 e. The van der Waals surface area contributed by atoms with E-state index in [9.17, 15) is 14.4 Å². The van der Waals surface area contributed by atoms with Gasteiger partial charge >= 0.3 is 17.9 Å². The highest BCUT2D eigenvalue weighted by molar-refractivity contribution is 5.71.